The Morgan fingerprint density at radius 3 is 1.79 bits per heavy atom. The number of benzene rings is 2. The van der Waals surface area contributed by atoms with E-state index in [1.54, 1.807) is 20.8 Å². The van der Waals surface area contributed by atoms with Crippen molar-refractivity contribution in [3.8, 4) is 17.2 Å². The summed E-state index contributed by atoms with van der Waals surface area (Å²) in [6, 6.07) is 9.05. The molecular weight excluding hydrogens is 504 g/mol. The first kappa shape index (κ1) is 31.2. The molecule has 0 aliphatic heterocycles. The van der Waals surface area contributed by atoms with Gasteiger partial charge in [0.1, 0.15) is 22.8 Å². The van der Waals surface area contributed by atoms with Crippen LogP contribution < -0.4 is 5.43 Å². The van der Waals surface area contributed by atoms with E-state index in [4.69, 9.17) is 19.4 Å². The van der Waals surface area contributed by atoms with Crippen molar-refractivity contribution in [3.05, 3.63) is 64.0 Å². The SMILES string of the molecule is CC(=O)c1ccc(O)cc1O.CCOC(=O)C(=O)OCC.CCOC(=O)c1cc(=O)c2ccc(O)cc2o1. The molecule has 3 N–H and O–H groups in total. The molecule has 1 heterocycles. The van der Waals surface area contributed by atoms with Crippen LogP contribution in [0.15, 0.2) is 51.7 Å². The zero-order valence-corrected chi connectivity index (χ0v) is 21.2. The molecule has 0 bridgehead atoms. The second-order valence-electron chi connectivity index (χ2n) is 7.07. The van der Waals surface area contributed by atoms with Crippen molar-refractivity contribution in [2.45, 2.75) is 27.7 Å². The van der Waals surface area contributed by atoms with Crippen LogP contribution in [0.1, 0.15) is 48.6 Å². The molecule has 12 nitrogen and oxygen atoms in total. The zero-order chi connectivity index (χ0) is 28.8. The number of esters is 3. The van der Waals surface area contributed by atoms with Gasteiger partial charge >= 0.3 is 17.9 Å². The summed E-state index contributed by atoms with van der Waals surface area (Å²) in [6.45, 7) is 6.83. The molecule has 12 heteroatoms. The maximum absolute atomic E-state index is 11.7. The topological polar surface area (TPSA) is 187 Å². The fourth-order valence-electron chi connectivity index (χ4n) is 2.64. The van der Waals surface area contributed by atoms with Crippen molar-refractivity contribution in [1.29, 1.82) is 0 Å². The van der Waals surface area contributed by atoms with Gasteiger partial charge in [-0.15, -0.1) is 0 Å². The van der Waals surface area contributed by atoms with E-state index in [1.165, 1.54) is 37.3 Å². The number of ether oxygens (including phenoxy) is 3. The van der Waals surface area contributed by atoms with Gasteiger partial charge in [-0.05, 0) is 52.0 Å². The molecule has 38 heavy (non-hydrogen) atoms. The Morgan fingerprint density at radius 1 is 0.763 bits per heavy atom. The molecular formula is C26H28O12. The Hall–Kier alpha value is -4.87. The fraction of sp³-hybridized carbons (Fsp3) is 0.269. The summed E-state index contributed by atoms with van der Waals surface area (Å²) in [5.74, 6) is -3.22. The van der Waals surface area contributed by atoms with Crippen molar-refractivity contribution in [2.24, 2.45) is 0 Å². The molecule has 3 rings (SSSR count). The number of carbonyl (C=O) groups is 4. The zero-order valence-electron chi connectivity index (χ0n) is 21.2. The molecule has 0 spiro atoms. The van der Waals surface area contributed by atoms with Crippen LogP contribution in [-0.2, 0) is 23.8 Å². The van der Waals surface area contributed by atoms with Gasteiger partial charge in [-0.1, -0.05) is 0 Å². The standard InChI is InChI=1S/C12H10O5.C8H8O3.C6H10O4/c1-2-16-12(15)11-6-9(14)8-4-3-7(13)5-10(8)17-11;1-5(9)7-3-2-6(10)4-8(7)11;1-3-9-5(7)6(8)10-4-2/h3-6,13H,2H2,1H3;2-4,10-11H,1H3;3-4H2,1-2H3. The second-order valence-corrected chi connectivity index (χ2v) is 7.07. The summed E-state index contributed by atoms with van der Waals surface area (Å²) in [4.78, 5) is 54.7. The molecule has 0 saturated carbocycles. The Balaban J connectivity index is 0.000000301. The number of aromatic hydroxyl groups is 3. The quantitative estimate of drug-likeness (QED) is 0.189. The third-order valence-corrected chi connectivity index (χ3v) is 4.27. The van der Waals surface area contributed by atoms with Crippen molar-refractivity contribution in [1.82, 2.24) is 0 Å². The van der Waals surface area contributed by atoms with E-state index >= 15 is 0 Å². The predicted molar refractivity (Wildman–Crippen MR) is 133 cm³/mol. The van der Waals surface area contributed by atoms with Crippen LogP contribution in [0.5, 0.6) is 17.2 Å². The van der Waals surface area contributed by atoms with Gasteiger partial charge in [0, 0.05) is 18.2 Å². The van der Waals surface area contributed by atoms with E-state index in [-0.39, 0.29) is 65.2 Å². The van der Waals surface area contributed by atoms with Gasteiger partial charge in [-0.2, -0.15) is 0 Å². The number of carbonyl (C=O) groups excluding carboxylic acids is 4. The largest absolute Gasteiger partial charge is 0.508 e. The van der Waals surface area contributed by atoms with E-state index in [0.29, 0.717) is 5.39 Å². The second kappa shape index (κ2) is 15.3. The maximum atomic E-state index is 11.7. The summed E-state index contributed by atoms with van der Waals surface area (Å²) in [5.41, 5.74) is 0.0256. The highest BCUT2D eigenvalue weighted by Crippen LogP contribution is 2.22. The Bertz CT molecular complexity index is 1320. The number of phenolic OH excluding ortho intramolecular Hbond substituents is 3. The first-order valence-corrected chi connectivity index (χ1v) is 11.3. The van der Waals surface area contributed by atoms with Gasteiger partial charge in [0.2, 0.25) is 5.76 Å². The van der Waals surface area contributed by atoms with Gasteiger partial charge in [0.25, 0.3) is 0 Å². The van der Waals surface area contributed by atoms with Crippen molar-refractivity contribution in [3.63, 3.8) is 0 Å². The minimum Gasteiger partial charge on any atom is -0.508 e. The summed E-state index contributed by atoms with van der Waals surface area (Å²) in [7, 11) is 0. The lowest BCUT2D eigenvalue weighted by atomic mass is 10.1. The lowest BCUT2D eigenvalue weighted by molar-refractivity contribution is -0.167. The van der Waals surface area contributed by atoms with Crippen LogP contribution >= 0.6 is 0 Å². The highest BCUT2D eigenvalue weighted by atomic mass is 16.6. The van der Waals surface area contributed by atoms with Gasteiger partial charge in [-0.25, -0.2) is 14.4 Å². The summed E-state index contributed by atoms with van der Waals surface area (Å²) in [5, 5.41) is 27.5. The number of ketones is 1. The Morgan fingerprint density at radius 2 is 1.29 bits per heavy atom. The molecule has 1 aromatic heterocycles. The highest BCUT2D eigenvalue weighted by Gasteiger charge is 2.15. The molecule has 3 aromatic rings. The third kappa shape index (κ3) is 9.64. The van der Waals surface area contributed by atoms with E-state index < -0.39 is 17.9 Å². The lowest BCUT2D eigenvalue weighted by Gasteiger charge is -2.02. The van der Waals surface area contributed by atoms with Gasteiger partial charge in [0.15, 0.2) is 11.2 Å². The molecule has 0 aliphatic carbocycles. The number of rotatable bonds is 5. The molecule has 0 unspecified atom stereocenters. The Labute approximate surface area is 217 Å². The van der Waals surface area contributed by atoms with Crippen LogP contribution in [0, 0.1) is 0 Å². The van der Waals surface area contributed by atoms with Gasteiger partial charge < -0.3 is 33.9 Å². The average Bonchev–Trinajstić information content (AvgIpc) is 2.84. The molecule has 0 aliphatic rings. The number of phenols is 3. The van der Waals surface area contributed by atoms with E-state index in [2.05, 4.69) is 9.47 Å². The van der Waals surface area contributed by atoms with E-state index in [9.17, 15) is 29.1 Å². The predicted octanol–water partition coefficient (Wildman–Crippen LogP) is 3.09. The normalized spacial score (nSPS) is 9.68. The number of Topliss-reactive ketones (excluding diaryl/α,β-unsaturated/α-hetero) is 1. The maximum Gasteiger partial charge on any atom is 0.417 e. The minimum absolute atomic E-state index is 0.0401. The van der Waals surface area contributed by atoms with Gasteiger partial charge in [0.05, 0.1) is 30.8 Å². The first-order chi connectivity index (χ1) is 17.9. The summed E-state index contributed by atoms with van der Waals surface area (Å²) in [6.07, 6.45) is 0. The Kier molecular flexibility index (Phi) is 12.5. The van der Waals surface area contributed by atoms with Crippen molar-refractivity contribution < 1.29 is 53.1 Å². The molecule has 204 valence electrons. The lowest BCUT2D eigenvalue weighted by Crippen LogP contribution is -2.19. The molecule has 0 fully saturated rings. The third-order valence-electron chi connectivity index (χ3n) is 4.27. The van der Waals surface area contributed by atoms with Crippen LogP contribution in [0.2, 0.25) is 0 Å². The number of hydrogen-bond donors (Lipinski definition) is 3. The monoisotopic (exact) mass is 532 g/mol. The average molecular weight is 532 g/mol. The highest BCUT2D eigenvalue weighted by molar-refractivity contribution is 6.29. The molecule has 0 radical (unpaired) electrons. The van der Waals surface area contributed by atoms with Gasteiger partial charge in [-0.3, -0.25) is 9.59 Å². The van der Waals surface area contributed by atoms with Crippen LogP contribution in [0.3, 0.4) is 0 Å². The van der Waals surface area contributed by atoms with Crippen molar-refractivity contribution in [2.75, 3.05) is 19.8 Å². The van der Waals surface area contributed by atoms with Crippen LogP contribution in [0.4, 0.5) is 0 Å². The van der Waals surface area contributed by atoms with Crippen molar-refractivity contribution >= 4 is 34.7 Å². The smallest absolute Gasteiger partial charge is 0.417 e. The summed E-state index contributed by atoms with van der Waals surface area (Å²) < 4.78 is 18.6. The minimum atomic E-state index is -0.927. The molecule has 0 amide bonds. The van der Waals surface area contributed by atoms with E-state index in [0.717, 1.165) is 12.1 Å². The summed E-state index contributed by atoms with van der Waals surface area (Å²) >= 11 is 0. The first-order valence-electron chi connectivity index (χ1n) is 11.3. The number of hydrogen-bond acceptors (Lipinski definition) is 12. The van der Waals surface area contributed by atoms with Crippen LogP contribution in [-0.4, -0.2) is 58.8 Å². The van der Waals surface area contributed by atoms with E-state index in [1.807, 2.05) is 0 Å². The molecule has 2 aromatic carbocycles. The molecule has 0 atom stereocenters. The number of fused-ring (bicyclic) bond motifs is 1. The fourth-order valence-corrected chi connectivity index (χ4v) is 2.64. The van der Waals surface area contributed by atoms with Crippen LogP contribution in [0.25, 0.3) is 11.0 Å². The molecule has 0 saturated heterocycles.